The van der Waals surface area contributed by atoms with Gasteiger partial charge in [-0.05, 0) is 47.5 Å². The van der Waals surface area contributed by atoms with Crippen molar-refractivity contribution in [2.45, 2.75) is 64.1 Å². The van der Waals surface area contributed by atoms with Crippen molar-refractivity contribution < 1.29 is 9.59 Å². The summed E-state index contributed by atoms with van der Waals surface area (Å²) in [6.45, 7) is 10.5. The zero-order valence-corrected chi connectivity index (χ0v) is 13.0. The molecule has 0 aromatic heterocycles. The first-order valence-electron chi connectivity index (χ1n) is 7.15. The minimum atomic E-state index is -0.767. The van der Waals surface area contributed by atoms with Crippen LogP contribution in [0.2, 0.25) is 0 Å². The summed E-state index contributed by atoms with van der Waals surface area (Å²) >= 11 is 0. The lowest BCUT2D eigenvalue weighted by Gasteiger charge is -2.50. The van der Waals surface area contributed by atoms with Crippen molar-refractivity contribution in [3.05, 3.63) is 12.2 Å². The molecule has 2 N–H and O–H groups in total. The first kappa shape index (κ1) is 15.0. The van der Waals surface area contributed by atoms with Crippen LogP contribution in [0.4, 0.5) is 4.79 Å². The summed E-state index contributed by atoms with van der Waals surface area (Å²) in [7, 11) is 0. The number of hydrogen-bond donors (Lipinski definition) is 2. The van der Waals surface area contributed by atoms with Crippen molar-refractivity contribution >= 4 is 11.9 Å². The molecule has 0 aromatic rings. The second kappa shape index (κ2) is 4.58. The first-order valence-corrected chi connectivity index (χ1v) is 7.15. The van der Waals surface area contributed by atoms with Gasteiger partial charge in [0.1, 0.15) is 5.54 Å². The van der Waals surface area contributed by atoms with E-state index in [1.54, 1.807) is 0 Å². The smallest absolute Gasteiger partial charge is 0.323 e. The SMILES string of the molecule is C/C=C/CN1C(=O)NC2(CC(C)(C)NC(C)(C)C2)C1=O. The van der Waals surface area contributed by atoms with Crippen LogP contribution in [0.1, 0.15) is 47.5 Å². The minimum absolute atomic E-state index is 0.0942. The van der Waals surface area contributed by atoms with E-state index in [4.69, 9.17) is 0 Å². The van der Waals surface area contributed by atoms with Gasteiger partial charge in [0.2, 0.25) is 0 Å². The molecule has 112 valence electrons. The van der Waals surface area contributed by atoms with Crippen LogP contribution in [0.15, 0.2) is 12.2 Å². The first-order chi connectivity index (χ1) is 9.11. The topological polar surface area (TPSA) is 61.4 Å². The van der Waals surface area contributed by atoms with Gasteiger partial charge in [-0.1, -0.05) is 12.2 Å². The molecule has 2 saturated heterocycles. The highest BCUT2D eigenvalue weighted by molar-refractivity contribution is 6.07. The van der Waals surface area contributed by atoms with E-state index in [1.165, 1.54) is 4.90 Å². The highest BCUT2D eigenvalue weighted by atomic mass is 16.2. The summed E-state index contributed by atoms with van der Waals surface area (Å²) in [6.07, 6.45) is 4.90. The molecular formula is C15H25N3O2. The van der Waals surface area contributed by atoms with E-state index in [9.17, 15) is 9.59 Å². The van der Waals surface area contributed by atoms with Crippen molar-refractivity contribution in [2.24, 2.45) is 0 Å². The monoisotopic (exact) mass is 279 g/mol. The quantitative estimate of drug-likeness (QED) is 0.598. The van der Waals surface area contributed by atoms with Crippen molar-refractivity contribution in [2.75, 3.05) is 6.54 Å². The Balaban J connectivity index is 2.31. The number of allylic oxidation sites excluding steroid dienone is 1. The molecule has 20 heavy (non-hydrogen) atoms. The summed E-state index contributed by atoms with van der Waals surface area (Å²) in [5, 5.41) is 6.49. The molecule has 2 heterocycles. The number of carbonyl (C=O) groups is 2. The molecule has 0 aromatic carbocycles. The Kier molecular flexibility index (Phi) is 3.45. The van der Waals surface area contributed by atoms with Gasteiger partial charge >= 0.3 is 6.03 Å². The molecule has 2 fully saturated rings. The van der Waals surface area contributed by atoms with E-state index in [2.05, 4.69) is 38.3 Å². The van der Waals surface area contributed by atoms with Crippen LogP contribution in [0.25, 0.3) is 0 Å². The number of nitrogens with zero attached hydrogens (tertiary/aromatic N) is 1. The van der Waals surface area contributed by atoms with E-state index < -0.39 is 5.54 Å². The van der Waals surface area contributed by atoms with Crippen LogP contribution in [0.3, 0.4) is 0 Å². The fraction of sp³-hybridized carbons (Fsp3) is 0.733. The summed E-state index contributed by atoms with van der Waals surface area (Å²) in [6, 6.07) is -0.276. The Morgan fingerprint density at radius 3 is 2.20 bits per heavy atom. The summed E-state index contributed by atoms with van der Waals surface area (Å²) < 4.78 is 0. The second-order valence-electron chi connectivity index (χ2n) is 7.24. The maximum atomic E-state index is 12.8. The van der Waals surface area contributed by atoms with Crippen molar-refractivity contribution in [1.82, 2.24) is 15.5 Å². The van der Waals surface area contributed by atoms with E-state index in [0.717, 1.165) is 0 Å². The van der Waals surface area contributed by atoms with Gasteiger partial charge in [-0.25, -0.2) is 4.79 Å². The Morgan fingerprint density at radius 1 is 1.15 bits per heavy atom. The molecule has 2 aliphatic heterocycles. The molecule has 0 unspecified atom stereocenters. The van der Waals surface area contributed by atoms with Gasteiger partial charge in [0.05, 0.1) is 0 Å². The third kappa shape index (κ3) is 2.59. The van der Waals surface area contributed by atoms with Gasteiger partial charge in [-0.3, -0.25) is 9.69 Å². The minimum Gasteiger partial charge on any atom is -0.323 e. The fourth-order valence-corrected chi connectivity index (χ4v) is 3.87. The molecule has 1 spiro atoms. The molecule has 2 aliphatic rings. The molecule has 0 atom stereocenters. The Labute approximate surface area is 120 Å². The molecular weight excluding hydrogens is 254 g/mol. The number of piperidine rings is 1. The standard InChI is InChI=1S/C15H25N3O2/c1-6-7-8-18-11(19)15(16-12(18)20)9-13(2,3)17-14(4,5)10-15/h6-7,17H,8-10H2,1-5H3,(H,16,20)/b7-6+. The number of amides is 3. The van der Waals surface area contributed by atoms with Crippen LogP contribution >= 0.6 is 0 Å². The van der Waals surface area contributed by atoms with Crippen LogP contribution in [-0.4, -0.2) is 40.0 Å². The number of nitrogens with one attached hydrogen (secondary N) is 2. The number of rotatable bonds is 2. The van der Waals surface area contributed by atoms with Gasteiger partial charge < -0.3 is 10.6 Å². The zero-order valence-electron chi connectivity index (χ0n) is 13.0. The van der Waals surface area contributed by atoms with Gasteiger partial charge in [0.25, 0.3) is 5.91 Å². The lowest BCUT2D eigenvalue weighted by atomic mass is 9.71. The zero-order chi connectivity index (χ0) is 15.2. The maximum absolute atomic E-state index is 12.8. The Bertz CT molecular complexity index is 450. The molecule has 2 rings (SSSR count). The lowest BCUT2D eigenvalue weighted by molar-refractivity contribution is -0.134. The van der Waals surface area contributed by atoms with Crippen molar-refractivity contribution in [3.63, 3.8) is 0 Å². The van der Waals surface area contributed by atoms with Crippen LogP contribution < -0.4 is 10.6 Å². The number of urea groups is 1. The molecule has 3 amide bonds. The van der Waals surface area contributed by atoms with Gasteiger partial charge in [-0.2, -0.15) is 0 Å². The summed E-state index contributed by atoms with van der Waals surface area (Å²) in [5.74, 6) is -0.0942. The van der Waals surface area contributed by atoms with Crippen LogP contribution in [-0.2, 0) is 4.79 Å². The molecule has 0 bridgehead atoms. The lowest BCUT2D eigenvalue weighted by Crippen LogP contribution is -2.68. The third-order valence-electron chi connectivity index (χ3n) is 3.93. The molecule has 0 radical (unpaired) electrons. The third-order valence-corrected chi connectivity index (χ3v) is 3.93. The highest BCUT2D eigenvalue weighted by Gasteiger charge is 2.58. The maximum Gasteiger partial charge on any atom is 0.325 e. The van der Waals surface area contributed by atoms with E-state index >= 15 is 0 Å². The average Bonchev–Trinajstić information content (AvgIpc) is 2.43. The van der Waals surface area contributed by atoms with Gasteiger partial charge in [-0.15, -0.1) is 0 Å². The molecule has 5 nitrogen and oxygen atoms in total. The van der Waals surface area contributed by atoms with Gasteiger partial charge in [0.15, 0.2) is 0 Å². The second-order valence-corrected chi connectivity index (χ2v) is 7.24. The van der Waals surface area contributed by atoms with E-state index in [-0.39, 0.29) is 23.0 Å². The van der Waals surface area contributed by atoms with E-state index in [0.29, 0.717) is 19.4 Å². The van der Waals surface area contributed by atoms with E-state index in [1.807, 2.05) is 19.1 Å². The molecule has 5 heteroatoms. The van der Waals surface area contributed by atoms with Crippen molar-refractivity contribution in [1.29, 1.82) is 0 Å². The van der Waals surface area contributed by atoms with Crippen LogP contribution in [0.5, 0.6) is 0 Å². The highest BCUT2D eigenvalue weighted by Crippen LogP contribution is 2.39. The Morgan fingerprint density at radius 2 is 1.70 bits per heavy atom. The molecule has 0 saturated carbocycles. The van der Waals surface area contributed by atoms with Crippen LogP contribution in [0, 0.1) is 0 Å². The largest absolute Gasteiger partial charge is 0.325 e. The summed E-state index contributed by atoms with van der Waals surface area (Å²) in [4.78, 5) is 26.2. The number of imide groups is 1. The van der Waals surface area contributed by atoms with Gasteiger partial charge in [0, 0.05) is 17.6 Å². The van der Waals surface area contributed by atoms with Crippen molar-refractivity contribution in [3.8, 4) is 0 Å². The number of carbonyl (C=O) groups excluding carboxylic acids is 2. The summed E-state index contributed by atoms with van der Waals surface area (Å²) in [5.41, 5.74) is -1.15. The Hall–Kier alpha value is -1.36. The predicted octanol–water partition coefficient (Wildman–Crippen LogP) is 1.79. The predicted molar refractivity (Wildman–Crippen MR) is 78.3 cm³/mol. The average molecular weight is 279 g/mol. The normalized spacial score (nSPS) is 27.4. The fourth-order valence-electron chi connectivity index (χ4n) is 3.87. The number of hydrogen-bond acceptors (Lipinski definition) is 3. The molecule has 0 aliphatic carbocycles.